The van der Waals surface area contributed by atoms with Crippen molar-refractivity contribution in [2.24, 2.45) is 0 Å². The summed E-state index contributed by atoms with van der Waals surface area (Å²) in [5.41, 5.74) is 2.93. The fourth-order valence-electron chi connectivity index (χ4n) is 2.16. The number of fused-ring (bicyclic) bond motifs is 1. The molecule has 3 rings (SSSR count). The summed E-state index contributed by atoms with van der Waals surface area (Å²) in [6.45, 7) is 2.13. The van der Waals surface area contributed by atoms with Crippen LogP contribution >= 0.6 is 0 Å². The molecule has 2 aromatic heterocycles. The van der Waals surface area contributed by atoms with E-state index < -0.39 is 0 Å². The number of hydrogen-bond donors (Lipinski definition) is 1. The second-order valence-corrected chi connectivity index (χ2v) is 4.78. The van der Waals surface area contributed by atoms with Gasteiger partial charge in [0.15, 0.2) is 5.65 Å². The molecule has 1 aromatic carbocycles. The van der Waals surface area contributed by atoms with Crippen molar-refractivity contribution in [2.75, 3.05) is 6.61 Å². The Labute approximate surface area is 127 Å². The van der Waals surface area contributed by atoms with Crippen LogP contribution in [0, 0.1) is 0 Å². The van der Waals surface area contributed by atoms with Gasteiger partial charge in [-0.3, -0.25) is 4.79 Å². The van der Waals surface area contributed by atoms with E-state index in [4.69, 9.17) is 4.74 Å². The molecule has 0 radical (unpaired) electrons. The van der Waals surface area contributed by atoms with Gasteiger partial charge in [0.1, 0.15) is 5.75 Å². The van der Waals surface area contributed by atoms with Gasteiger partial charge in [0.2, 0.25) is 0 Å². The molecular formula is C16H15N3O3. The first kappa shape index (κ1) is 14.1. The summed E-state index contributed by atoms with van der Waals surface area (Å²) >= 11 is 0. The minimum Gasteiger partial charge on any atom is -0.508 e. The standard InChI is InChI=1S/C16H15N3O3/c1-2-22-16(21)9-12-10-19-15(17-12)8-7-14(18-19)11-3-5-13(20)6-4-11/h3-8,10,20H,2,9H2,1H3. The summed E-state index contributed by atoms with van der Waals surface area (Å²) in [5, 5.41) is 13.8. The number of phenols is 1. The van der Waals surface area contributed by atoms with E-state index in [0.29, 0.717) is 17.9 Å². The van der Waals surface area contributed by atoms with Crippen LogP contribution in [0.2, 0.25) is 0 Å². The summed E-state index contributed by atoms with van der Waals surface area (Å²) in [5.74, 6) is -0.0890. The lowest BCUT2D eigenvalue weighted by Gasteiger charge is -2.01. The van der Waals surface area contributed by atoms with Crippen LogP contribution in [0.25, 0.3) is 16.9 Å². The van der Waals surface area contributed by atoms with Crippen LogP contribution in [0.3, 0.4) is 0 Å². The van der Waals surface area contributed by atoms with Crippen molar-refractivity contribution >= 4 is 11.6 Å². The molecule has 0 amide bonds. The number of hydrogen-bond acceptors (Lipinski definition) is 5. The van der Waals surface area contributed by atoms with Gasteiger partial charge in [0.25, 0.3) is 0 Å². The number of ether oxygens (including phenoxy) is 1. The lowest BCUT2D eigenvalue weighted by Crippen LogP contribution is -2.07. The van der Waals surface area contributed by atoms with Gasteiger partial charge in [-0.2, -0.15) is 5.10 Å². The van der Waals surface area contributed by atoms with Gasteiger partial charge in [0, 0.05) is 5.56 Å². The molecule has 3 aromatic rings. The molecular weight excluding hydrogens is 282 g/mol. The maximum atomic E-state index is 11.5. The summed E-state index contributed by atoms with van der Waals surface area (Å²) < 4.78 is 6.55. The summed E-state index contributed by atoms with van der Waals surface area (Å²) in [6, 6.07) is 10.5. The fraction of sp³-hybridized carbons (Fsp3) is 0.188. The van der Waals surface area contributed by atoms with Crippen LogP contribution in [-0.4, -0.2) is 32.3 Å². The van der Waals surface area contributed by atoms with Crippen molar-refractivity contribution in [3.8, 4) is 17.0 Å². The highest BCUT2D eigenvalue weighted by Gasteiger charge is 2.10. The first-order valence-electron chi connectivity index (χ1n) is 6.96. The third kappa shape index (κ3) is 2.90. The van der Waals surface area contributed by atoms with Crippen molar-refractivity contribution < 1.29 is 14.6 Å². The van der Waals surface area contributed by atoms with Gasteiger partial charge >= 0.3 is 5.97 Å². The molecule has 0 aliphatic heterocycles. The number of aromatic hydroxyl groups is 1. The van der Waals surface area contributed by atoms with E-state index in [1.54, 1.807) is 41.9 Å². The van der Waals surface area contributed by atoms with E-state index in [0.717, 1.165) is 11.3 Å². The molecule has 1 N–H and O–H groups in total. The topological polar surface area (TPSA) is 76.7 Å². The largest absolute Gasteiger partial charge is 0.508 e. The first-order valence-corrected chi connectivity index (χ1v) is 6.96. The number of imidazole rings is 1. The van der Waals surface area contributed by atoms with Crippen LogP contribution in [-0.2, 0) is 16.0 Å². The summed E-state index contributed by atoms with van der Waals surface area (Å²) in [7, 11) is 0. The van der Waals surface area contributed by atoms with E-state index in [2.05, 4.69) is 10.1 Å². The Bertz CT molecular complexity index is 809. The second-order valence-electron chi connectivity index (χ2n) is 4.78. The van der Waals surface area contributed by atoms with Crippen molar-refractivity contribution in [1.29, 1.82) is 0 Å². The quantitative estimate of drug-likeness (QED) is 0.747. The summed E-state index contributed by atoms with van der Waals surface area (Å²) in [4.78, 5) is 15.8. The number of carbonyl (C=O) groups excluding carboxylic acids is 1. The van der Waals surface area contributed by atoms with Gasteiger partial charge in [-0.1, -0.05) is 0 Å². The van der Waals surface area contributed by atoms with E-state index in [1.165, 1.54) is 0 Å². The number of rotatable bonds is 4. The number of aromatic nitrogens is 3. The second kappa shape index (κ2) is 5.85. The van der Waals surface area contributed by atoms with Crippen LogP contribution < -0.4 is 0 Å². The average molecular weight is 297 g/mol. The third-order valence-corrected chi connectivity index (χ3v) is 3.16. The highest BCUT2D eigenvalue weighted by Crippen LogP contribution is 2.20. The lowest BCUT2D eigenvalue weighted by molar-refractivity contribution is -0.142. The molecule has 0 aliphatic carbocycles. The third-order valence-electron chi connectivity index (χ3n) is 3.16. The molecule has 0 bridgehead atoms. The van der Waals surface area contributed by atoms with E-state index in [1.807, 2.05) is 12.1 Å². The van der Waals surface area contributed by atoms with Crippen molar-refractivity contribution in [3.05, 3.63) is 48.3 Å². The SMILES string of the molecule is CCOC(=O)Cc1cn2nc(-c3ccc(O)cc3)ccc2n1. The monoisotopic (exact) mass is 297 g/mol. The maximum Gasteiger partial charge on any atom is 0.311 e. The lowest BCUT2D eigenvalue weighted by atomic mass is 10.1. The Morgan fingerprint density at radius 3 is 2.73 bits per heavy atom. The highest BCUT2D eigenvalue weighted by molar-refractivity contribution is 5.72. The molecule has 22 heavy (non-hydrogen) atoms. The van der Waals surface area contributed by atoms with E-state index in [9.17, 15) is 9.90 Å². The zero-order chi connectivity index (χ0) is 15.5. The Kier molecular flexibility index (Phi) is 3.74. The predicted molar refractivity (Wildman–Crippen MR) is 80.4 cm³/mol. The van der Waals surface area contributed by atoms with Gasteiger partial charge in [-0.25, -0.2) is 9.50 Å². The number of esters is 1. The molecule has 0 unspecified atom stereocenters. The Morgan fingerprint density at radius 2 is 2.00 bits per heavy atom. The molecule has 6 nitrogen and oxygen atoms in total. The van der Waals surface area contributed by atoms with Gasteiger partial charge in [-0.05, 0) is 43.3 Å². The Balaban J connectivity index is 1.90. The highest BCUT2D eigenvalue weighted by atomic mass is 16.5. The molecule has 0 atom stereocenters. The molecule has 112 valence electrons. The number of carbonyl (C=O) groups is 1. The molecule has 2 heterocycles. The van der Waals surface area contributed by atoms with Crippen LogP contribution in [0.1, 0.15) is 12.6 Å². The Hall–Kier alpha value is -2.89. The molecule has 0 fully saturated rings. The number of phenolic OH excluding ortho intramolecular Hbond substituents is 1. The molecule has 0 spiro atoms. The van der Waals surface area contributed by atoms with Crippen molar-refractivity contribution in [2.45, 2.75) is 13.3 Å². The van der Waals surface area contributed by atoms with Gasteiger partial charge < -0.3 is 9.84 Å². The normalized spacial score (nSPS) is 10.8. The predicted octanol–water partition coefficient (Wildman–Crippen LogP) is 2.21. The van der Waals surface area contributed by atoms with Gasteiger partial charge in [-0.15, -0.1) is 0 Å². The molecule has 0 saturated heterocycles. The maximum absolute atomic E-state index is 11.5. The zero-order valence-corrected chi connectivity index (χ0v) is 12.1. The van der Waals surface area contributed by atoms with Crippen LogP contribution in [0.5, 0.6) is 5.75 Å². The number of benzene rings is 1. The minimum absolute atomic E-state index is 0.131. The Morgan fingerprint density at radius 1 is 1.23 bits per heavy atom. The zero-order valence-electron chi connectivity index (χ0n) is 12.1. The first-order chi connectivity index (χ1) is 10.7. The van der Waals surface area contributed by atoms with Crippen molar-refractivity contribution in [3.63, 3.8) is 0 Å². The molecule has 0 aliphatic rings. The smallest absolute Gasteiger partial charge is 0.311 e. The van der Waals surface area contributed by atoms with E-state index in [-0.39, 0.29) is 18.1 Å². The fourth-order valence-corrected chi connectivity index (χ4v) is 2.16. The van der Waals surface area contributed by atoms with Crippen LogP contribution in [0.4, 0.5) is 0 Å². The average Bonchev–Trinajstić information content (AvgIpc) is 2.89. The van der Waals surface area contributed by atoms with Crippen molar-refractivity contribution in [1.82, 2.24) is 14.6 Å². The minimum atomic E-state index is -0.301. The van der Waals surface area contributed by atoms with E-state index >= 15 is 0 Å². The molecule has 0 saturated carbocycles. The van der Waals surface area contributed by atoms with Gasteiger partial charge in [0.05, 0.1) is 30.6 Å². The van der Waals surface area contributed by atoms with Crippen LogP contribution in [0.15, 0.2) is 42.6 Å². The summed E-state index contributed by atoms with van der Waals surface area (Å²) in [6.07, 6.45) is 1.85. The molecule has 6 heteroatoms. The number of nitrogens with zero attached hydrogens (tertiary/aromatic N) is 3.